The van der Waals surface area contributed by atoms with E-state index < -0.39 is 0 Å². The molecule has 0 saturated heterocycles. The van der Waals surface area contributed by atoms with Crippen molar-refractivity contribution in [2.75, 3.05) is 0 Å². The summed E-state index contributed by atoms with van der Waals surface area (Å²) in [5, 5.41) is 2.39. The zero-order chi connectivity index (χ0) is 8.84. The fraction of sp³-hybridized carbons (Fsp3) is 0.636. The van der Waals surface area contributed by atoms with Gasteiger partial charge in [-0.1, -0.05) is 0 Å². The first-order valence-corrected chi connectivity index (χ1v) is 6.07. The van der Waals surface area contributed by atoms with E-state index in [-0.39, 0.29) is 12.4 Å². The van der Waals surface area contributed by atoms with Crippen molar-refractivity contribution in [2.24, 2.45) is 5.73 Å². The van der Waals surface area contributed by atoms with Crippen LogP contribution < -0.4 is 5.73 Å². The minimum atomic E-state index is 0. The quantitative estimate of drug-likeness (QED) is 0.788. The number of thiophene rings is 1. The summed E-state index contributed by atoms with van der Waals surface area (Å²) in [6, 6.07) is 0.430. The second kappa shape index (κ2) is 3.84. The molecular formula is C11H16ClNS. The van der Waals surface area contributed by atoms with Gasteiger partial charge in [0.1, 0.15) is 0 Å². The Kier molecular flexibility index (Phi) is 2.87. The Morgan fingerprint density at radius 1 is 1.29 bits per heavy atom. The Morgan fingerprint density at radius 2 is 2.07 bits per heavy atom. The van der Waals surface area contributed by atoms with Crippen LogP contribution in [0.2, 0.25) is 0 Å². The van der Waals surface area contributed by atoms with Gasteiger partial charge in [0.05, 0.1) is 0 Å². The molecule has 0 aliphatic heterocycles. The number of rotatable bonds is 1. The summed E-state index contributed by atoms with van der Waals surface area (Å²) in [7, 11) is 0. The molecule has 0 aromatic carbocycles. The minimum Gasteiger partial charge on any atom is -0.327 e. The first-order chi connectivity index (χ1) is 6.34. The van der Waals surface area contributed by atoms with Crippen LogP contribution in [0.3, 0.4) is 0 Å². The van der Waals surface area contributed by atoms with Crippen LogP contribution in [0.1, 0.15) is 41.2 Å². The maximum atomic E-state index is 6.00. The lowest BCUT2D eigenvalue weighted by Crippen LogP contribution is -2.27. The normalized spacial score (nSPS) is 25.4. The van der Waals surface area contributed by atoms with E-state index in [1.54, 1.807) is 16.0 Å². The van der Waals surface area contributed by atoms with Crippen LogP contribution in [0.15, 0.2) is 5.38 Å². The lowest BCUT2D eigenvalue weighted by molar-refractivity contribution is 0.580. The van der Waals surface area contributed by atoms with Crippen LogP contribution in [0.5, 0.6) is 0 Å². The molecule has 1 nitrogen and oxygen atoms in total. The average molecular weight is 230 g/mol. The highest BCUT2D eigenvalue weighted by Crippen LogP contribution is 2.45. The molecule has 2 N–H and O–H groups in total. The van der Waals surface area contributed by atoms with Gasteiger partial charge in [-0.25, -0.2) is 0 Å². The molecule has 1 heterocycles. The van der Waals surface area contributed by atoms with Crippen LogP contribution in [0, 0.1) is 0 Å². The van der Waals surface area contributed by atoms with E-state index in [0.29, 0.717) is 6.04 Å². The monoisotopic (exact) mass is 229 g/mol. The number of nitrogens with two attached hydrogens (primary N) is 1. The third-order valence-corrected chi connectivity index (χ3v) is 4.35. The molecule has 0 amide bonds. The highest BCUT2D eigenvalue weighted by atomic mass is 35.5. The van der Waals surface area contributed by atoms with Gasteiger partial charge in [0.25, 0.3) is 0 Å². The molecule has 2 aliphatic rings. The van der Waals surface area contributed by atoms with E-state index >= 15 is 0 Å². The largest absolute Gasteiger partial charge is 0.327 e. The smallest absolute Gasteiger partial charge is 0.00832 e. The third kappa shape index (κ3) is 1.71. The number of aryl methyl sites for hydroxylation is 1. The summed E-state index contributed by atoms with van der Waals surface area (Å²) < 4.78 is 0. The molecule has 78 valence electrons. The molecule has 1 aromatic rings. The Bertz CT molecular complexity index is 330. The van der Waals surface area contributed by atoms with Gasteiger partial charge in [-0.3, -0.25) is 0 Å². The summed E-state index contributed by atoms with van der Waals surface area (Å²) in [4.78, 5) is 1.63. The Hall–Kier alpha value is -0.0500. The van der Waals surface area contributed by atoms with Crippen molar-refractivity contribution in [1.82, 2.24) is 0 Å². The van der Waals surface area contributed by atoms with Crippen molar-refractivity contribution in [3.05, 3.63) is 21.4 Å². The molecule has 1 atom stereocenters. The molecule has 0 radical (unpaired) electrons. The van der Waals surface area contributed by atoms with E-state index in [0.717, 1.165) is 12.3 Å². The van der Waals surface area contributed by atoms with Crippen molar-refractivity contribution in [1.29, 1.82) is 0 Å². The summed E-state index contributed by atoms with van der Waals surface area (Å²) in [5.74, 6) is 0.908. The summed E-state index contributed by atoms with van der Waals surface area (Å²) in [6.07, 6.45) is 6.40. The zero-order valence-corrected chi connectivity index (χ0v) is 9.79. The van der Waals surface area contributed by atoms with Crippen LogP contribution in [-0.2, 0) is 12.8 Å². The van der Waals surface area contributed by atoms with E-state index in [2.05, 4.69) is 5.38 Å². The van der Waals surface area contributed by atoms with Crippen LogP contribution >= 0.6 is 23.7 Å². The zero-order valence-electron chi connectivity index (χ0n) is 8.16. The van der Waals surface area contributed by atoms with E-state index in [9.17, 15) is 0 Å². The molecule has 0 spiro atoms. The molecule has 2 aliphatic carbocycles. The summed E-state index contributed by atoms with van der Waals surface area (Å²) in [6.45, 7) is 0. The maximum absolute atomic E-state index is 6.00. The first kappa shape index (κ1) is 10.5. The summed E-state index contributed by atoms with van der Waals surface area (Å²) in [5.41, 5.74) is 9.28. The van der Waals surface area contributed by atoms with Crippen molar-refractivity contribution in [3.8, 4) is 0 Å². The topological polar surface area (TPSA) is 26.0 Å². The van der Waals surface area contributed by atoms with Gasteiger partial charge in [-0.05, 0) is 54.5 Å². The molecule has 1 aromatic heterocycles. The van der Waals surface area contributed by atoms with Crippen molar-refractivity contribution < 1.29 is 0 Å². The molecule has 3 rings (SSSR count). The number of halogens is 1. The fourth-order valence-electron chi connectivity index (χ4n) is 2.30. The highest BCUT2D eigenvalue weighted by Gasteiger charge is 2.30. The predicted molar refractivity (Wildman–Crippen MR) is 63.5 cm³/mol. The van der Waals surface area contributed by atoms with E-state index in [1.807, 2.05) is 11.3 Å². The third-order valence-electron chi connectivity index (χ3n) is 3.24. The van der Waals surface area contributed by atoms with Gasteiger partial charge in [-0.2, -0.15) is 0 Å². The van der Waals surface area contributed by atoms with Crippen LogP contribution in [0.25, 0.3) is 0 Å². The van der Waals surface area contributed by atoms with Gasteiger partial charge in [0, 0.05) is 10.9 Å². The second-order valence-electron chi connectivity index (χ2n) is 4.37. The second-order valence-corrected chi connectivity index (χ2v) is 5.33. The van der Waals surface area contributed by atoms with Gasteiger partial charge in [0.2, 0.25) is 0 Å². The molecule has 1 fully saturated rings. The van der Waals surface area contributed by atoms with Gasteiger partial charge < -0.3 is 5.73 Å². The summed E-state index contributed by atoms with van der Waals surface area (Å²) >= 11 is 1.97. The average Bonchev–Trinajstić information content (AvgIpc) is 2.87. The molecule has 14 heavy (non-hydrogen) atoms. The lowest BCUT2D eigenvalue weighted by atomic mass is 9.91. The lowest BCUT2D eigenvalue weighted by Gasteiger charge is -2.19. The van der Waals surface area contributed by atoms with Crippen molar-refractivity contribution in [3.63, 3.8) is 0 Å². The molecule has 3 heteroatoms. The van der Waals surface area contributed by atoms with Crippen LogP contribution in [0.4, 0.5) is 0 Å². The van der Waals surface area contributed by atoms with Crippen molar-refractivity contribution in [2.45, 2.75) is 44.1 Å². The van der Waals surface area contributed by atoms with Gasteiger partial charge >= 0.3 is 0 Å². The maximum Gasteiger partial charge on any atom is 0.00832 e. The SMILES string of the molecule is Cl.NC1CCc2scc(C3CC3)c2C1. The first-order valence-electron chi connectivity index (χ1n) is 5.19. The van der Waals surface area contributed by atoms with E-state index in [1.165, 1.54) is 25.7 Å². The number of fused-ring (bicyclic) bond motifs is 1. The fourth-order valence-corrected chi connectivity index (χ4v) is 3.48. The Balaban J connectivity index is 0.000000750. The Morgan fingerprint density at radius 3 is 2.79 bits per heavy atom. The van der Waals surface area contributed by atoms with Gasteiger partial charge in [-0.15, -0.1) is 23.7 Å². The number of hydrogen-bond acceptors (Lipinski definition) is 2. The predicted octanol–water partition coefficient (Wildman–Crippen LogP) is 2.86. The minimum absolute atomic E-state index is 0. The molecular weight excluding hydrogens is 214 g/mol. The molecule has 1 unspecified atom stereocenters. The van der Waals surface area contributed by atoms with E-state index in [4.69, 9.17) is 5.73 Å². The highest BCUT2D eigenvalue weighted by molar-refractivity contribution is 7.10. The van der Waals surface area contributed by atoms with Gasteiger partial charge in [0.15, 0.2) is 0 Å². The number of hydrogen-bond donors (Lipinski definition) is 1. The Labute approximate surface area is 95.1 Å². The standard InChI is InChI=1S/C11H15NS.ClH/c12-8-3-4-11-9(5-8)10(6-13-11)7-1-2-7;/h6-8H,1-5,12H2;1H. The van der Waals surface area contributed by atoms with Crippen molar-refractivity contribution >= 4 is 23.7 Å². The molecule has 1 saturated carbocycles. The van der Waals surface area contributed by atoms with Crippen LogP contribution in [-0.4, -0.2) is 6.04 Å². The molecule has 0 bridgehead atoms.